The standard InChI is InChI=1S/C24H37N3O4/c28-22-21-14-8-9-15-27(21)23(29)19(26-24(30)31-18-11-6-7-12-18)13-5-3-1-2-4-10-17-16-20(17)25-22/h4,10,17-21H,1-3,5-9,11-16H2,(H,25,28)(H,26,30)/b10-4-/t17-,19+,20?,21?/m1/s1. The average molecular weight is 432 g/mol. The van der Waals surface area contributed by atoms with Gasteiger partial charge in [0.25, 0.3) is 0 Å². The lowest BCUT2D eigenvalue weighted by atomic mass is 9.98. The largest absolute Gasteiger partial charge is 0.446 e. The average Bonchev–Trinajstić information content (AvgIpc) is 3.28. The van der Waals surface area contributed by atoms with Crippen LogP contribution in [-0.4, -0.2) is 53.6 Å². The lowest BCUT2D eigenvalue weighted by molar-refractivity contribution is -0.144. The first kappa shape index (κ1) is 22.2. The number of carbonyl (C=O) groups is 3. The Bertz CT molecular complexity index is 688. The Balaban J connectivity index is 1.45. The van der Waals surface area contributed by atoms with Crippen LogP contribution in [0.1, 0.15) is 83.5 Å². The van der Waals surface area contributed by atoms with E-state index in [4.69, 9.17) is 4.74 Å². The highest BCUT2D eigenvalue weighted by Crippen LogP contribution is 2.33. The Kier molecular flexibility index (Phi) is 7.51. The molecule has 0 spiro atoms. The first-order chi connectivity index (χ1) is 15.1. The van der Waals surface area contributed by atoms with E-state index in [0.717, 1.165) is 70.6 Å². The molecular weight excluding hydrogens is 394 g/mol. The number of ether oxygens (including phenoxy) is 1. The van der Waals surface area contributed by atoms with E-state index >= 15 is 0 Å². The van der Waals surface area contributed by atoms with Gasteiger partial charge in [0.1, 0.15) is 18.2 Å². The zero-order valence-electron chi connectivity index (χ0n) is 18.5. The molecule has 1 saturated heterocycles. The summed E-state index contributed by atoms with van der Waals surface area (Å²) < 4.78 is 5.56. The van der Waals surface area contributed by atoms with Crippen molar-refractivity contribution in [1.82, 2.24) is 15.5 Å². The highest BCUT2D eigenvalue weighted by atomic mass is 16.6. The molecule has 2 aliphatic heterocycles. The number of hydrogen-bond donors (Lipinski definition) is 2. The molecular formula is C24H37N3O4. The van der Waals surface area contributed by atoms with Crippen LogP contribution in [0.4, 0.5) is 4.79 Å². The first-order valence-electron chi connectivity index (χ1n) is 12.4. The summed E-state index contributed by atoms with van der Waals surface area (Å²) in [6.07, 6.45) is 15.9. The molecule has 0 aromatic rings. The van der Waals surface area contributed by atoms with Crippen LogP contribution in [0.3, 0.4) is 0 Å². The van der Waals surface area contributed by atoms with Gasteiger partial charge >= 0.3 is 6.09 Å². The predicted octanol–water partition coefficient (Wildman–Crippen LogP) is 3.43. The van der Waals surface area contributed by atoms with Gasteiger partial charge in [0.15, 0.2) is 0 Å². The third-order valence-corrected chi connectivity index (χ3v) is 7.17. The van der Waals surface area contributed by atoms with E-state index in [-0.39, 0.29) is 24.0 Å². The van der Waals surface area contributed by atoms with Crippen LogP contribution in [0.2, 0.25) is 0 Å². The number of allylic oxidation sites excluding steroid dienone is 1. The maximum Gasteiger partial charge on any atom is 0.408 e. The second-order valence-electron chi connectivity index (χ2n) is 9.63. The molecule has 7 nitrogen and oxygen atoms in total. The van der Waals surface area contributed by atoms with Gasteiger partial charge in [-0.3, -0.25) is 9.59 Å². The molecule has 172 valence electrons. The summed E-state index contributed by atoms with van der Waals surface area (Å²) in [6.45, 7) is 0.570. The van der Waals surface area contributed by atoms with Gasteiger partial charge in [0, 0.05) is 12.6 Å². The van der Waals surface area contributed by atoms with E-state index in [0.29, 0.717) is 25.3 Å². The van der Waals surface area contributed by atoms with Crippen molar-refractivity contribution in [3.8, 4) is 0 Å². The first-order valence-corrected chi connectivity index (χ1v) is 12.4. The minimum absolute atomic E-state index is 0.0378. The van der Waals surface area contributed by atoms with E-state index in [1.807, 2.05) is 0 Å². The molecule has 0 aromatic heterocycles. The highest BCUT2D eigenvalue weighted by Gasteiger charge is 2.41. The minimum atomic E-state index is -0.628. The second-order valence-corrected chi connectivity index (χ2v) is 9.63. The van der Waals surface area contributed by atoms with Gasteiger partial charge in [-0.25, -0.2) is 4.79 Å². The Morgan fingerprint density at radius 1 is 1.00 bits per heavy atom. The normalized spacial score (nSPS) is 33.9. The molecule has 0 aromatic carbocycles. The van der Waals surface area contributed by atoms with Crippen molar-refractivity contribution in [2.45, 2.75) is 108 Å². The van der Waals surface area contributed by atoms with E-state index in [1.54, 1.807) is 4.90 Å². The fraction of sp³-hybridized carbons (Fsp3) is 0.792. The zero-order chi connectivity index (χ0) is 21.6. The van der Waals surface area contributed by atoms with Crippen LogP contribution in [0.5, 0.6) is 0 Å². The molecule has 3 fully saturated rings. The number of amides is 3. The predicted molar refractivity (Wildman–Crippen MR) is 117 cm³/mol. The fourth-order valence-electron chi connectivity index (χ4n) is 5.19. The quantitative estimate of drug-likeness (QED) is 0.656. The highest BCUT2D eigenvalue weighted by molar-refractivity contribution is 5.91. The number of nitrogens with zero attached hydrogens (tertiary/aromatic N) is 1. The Morgan fingerprint density at radius 2 is 1.77 bits per heavy atom. The Labute approximate surface area is 185 Å². The Hall–Kier alpha value is -2.05. The van der Waals surface area contributed by atoms with E-state index < -0.39 is 18.2 Å². The summed E-state index contributed by atoms with van der Waals surface area (Å²) in [6, 6.07) is -0.869. The van der Waals surface area contributed by atoms with Gasteiger partial charge in [-0.15, -0.1) is 0 Å². The molecule has 2 unspecified atom stereocenters. The molecule has 3 amide bonds. The molecule has 31 heavy (non-hydrogen) atoms. The molecule has 7 heteroatoms. The summed E-state index contributed by atoms with van der Waals surface area (Å²) in [4.78, 5) is 40.7. The summed E-state index contributed by atoms with van der Waals surface area (Å²) in [7, 11) is 0. The number of hydrogen-bond acceptors (Lipinski definition) is 4. The third-order valence-electron chi connectivity index (χ3n) is 7.17. The van der Waals surface area contributed by atoms with Crippen molar-refractivity contribution in [1.29, 1.82) is 0 Å². The van der Waals surface area contributed by atoms with Crippen LogP contribution < -0.4 is 10.6 Å². The lowest BCUT2D eigenvalue weighted by Gasteiger charge is -2.37. The lowest BCUT2D eigenvalue weighted by Crippen LogP contribution is -2.57. The summed E-state index contributed by atoms with van der Waals surface area (Å²) in [5.74, 6) is 0.251. The third kappa shape index (κ3) is 6.01. The van der Waals surface area contributed by atoms with Crippen LogP contribution in [-0.2, 0) is 14.3 Å². The maximum absolute atomic E-state index is 13.5. The van der Waals surface area contributed by atoms with Crippen molar-refractivity contribution in [3.05, 3.63) is 12.2 Å². The fourth-order valence-corrected chi connectivity index (χ4v) is 5.19. The van der Waals surface area contributed by atoms with Gasteiger partial charge in [0.2, 0.25) is 11.8 Å². The number of alkyl carbamates (subject to hydrolysis) is 1. The molecule has 4 atom stereocenters. The van der Waals surface area contributed by atoms with Crippen LogP contribution >= 0.6 is 0 Å². The Morgan fingerprint density at radius 3 is 2.61 bits per heavy atom. The van der Waals surface area contributed by atoms with Crippen molar-refractivity contribution in [2.75, 3.05) is 6.54 Å². The topological polar surface area (TPSA) is 87.7 Å². The second kappa shape index (κ2) is 10.5. The van der Waals surface area contributed by atoms with Crippen LogP contribution in [0.25, 0.3) is 0 Å². The molecule has 4 aliphatic rings. The SMILES string of the molecule is O=C(N[C@H]1CCCCC/C=C\[C@@H]2CC2NC(=O)C2CCCCN2C1=O)OC1CCCC1. The van der Waals surface area contributed by atoms with Crippen molar-refractivity contribution in [2.24, 2.45) is 5.92 Å². The summed E-state index contributed by atoms with van der Waals surface area (Å²) >= 11 is 0. The van der Waals surface area contributed by atoms with Gasteiger partial charge in [0.05, 0.1) is 0 Å². The molecule has 2 saturated carbocycles. The zero-order valence-corrected chi connectivity index (χ0v) is 18.5. The smallest absolute Gasteiger partial charge is 0.408 e. The maximum atomic E-state index is 13.5. The summed E-state index contributed by atoms with van der Waals surface area (Å²) in [5, 5.41) is 6.01. The number of fused-ring (bicyclic) bond motifs is 2. The number of rotatable bonds is 2. The molecule has 0 radical (unpaired) electrons. The van der Waals surface area contributed by atoms with Crippen LogP contribution in [0.15, 0.2) is 12.2 Å². The van der Waals surface area contributed by atoms with Crippen molar-refractivity contribution in [3.63, 3.8) is 0 Å². The minimum Gasteiger partial charge on any atom is -0.446 e. The number of piperidine rings is 1. The van der Waals surface area contributed by atoms with Gasteiger partial charge in [-0.2, -0.15) is 0 Å². The monoisotopic (exact) mass is 431 g/mol. The number of carbonyl (C=O) groups excluding carboxylic acids is 3. The molecule has 2 aliphatic carbocycles. The molecule has 2 N–H and O–H groups in total. The van der Waals surface area contributed by atoms with Gasteiger partial charge in [-0.05, 0) is 76.5 Å². The van der Waals surface area contributed by atoms with E-state index in [2.05, 4.69) is 22.8 Å². The molecule has 4 rings (SSSR count). The van der Waals surface area contributed by atoms with E-state index in [9.17, 15) is 14.4 Å². The van der Waals surface area contributed by atoms with Crippen LogP contribution in [0, 0.1) is 5.92 Å². The number of nitrogens with one attached hydrogen (secondary N) is 2. The molecule has 2 heterocycles. The van der Waals surface area contributed by atoms with Crippen molar-refractivity contribution < 1.29 is 19.1 Å². The van der Waals surface area contributed by atoms with Crippen molar-refractivity contribution >= 4 is 17.9 Å². The van der Waals surface area contributed by atoms with E-state index in [1.165, 1.54) is 0 Å². The molecule has 0 bridgehead atoms. The summed E-state index contributed by atoms with van der Waals surface area (Å²) in [5.41, 5.74) is 0. The van der Waals surface area contributed by atoms with Gasteiger partial charge in [-0.1, -0.05) is 25.0 Å². The van der Waals surface area contributed by atoms with Gasteiger partial charge < -0.3 is 20.3 Å².